The summed E-state index contributed by atoms with van der Waals surface area (Å²) in [6, 6.07) is 49.1. The van der Waals surface area contributed by atoms with E-state index in [1.807, 2.05) is 97.1 Å². The minimum absolute atomic E-state index is 0.260. The highest BCUT2D eigenvalue weighted by Gasteiger charge is 2.74. The highest BCUT2D eigenvalue weighted by Crippen LogP contribution is 2.61. The van der Waals surface area contributed by atoms with Crippen molar-refractivity contribution >= 4 is 8.56 Å². The summed E-state index contributed by atoms with van der Waals surface area (Å²) in [5, 5.41) is 24.0. The van der Waals surface area contributed by atoms with E-state index in [0.29, 0.717) is 11.1 Å². The first-order chi connectivity index (χ1) is 27.0. The van der Waals surface area contributed by atoms with Crippen LogP contribution < -0.4 is 0 Å². The van der Waals surface area contributed by atoms with Crippen molar-refractivity contribution < 1.29 is 18.3 Å². The molecule has 0 aliphatic heterocycles. The van der Waals surface area contributed by atoms with Crippen LogP contribution in [0.4, 0.5) is 0 Å². The molecule has 0 atom stereocenters. The molecule has 2 fully saturated rings. The quantitative estimate of drug-likeness (QED) is 0.0833. The Morgan fingerprint density at radius 2 is 0.709 bits per heavy atom. The molecule has 0 radical (unpaired) electrons. The van der Waals surface area contributed by atoms with Gasteiger partial charge in [0.25, 0.3) is 0 Å². The summed E-state index contributed by atoms with van der Waals surface area (Å²) in [5.74, 6) is 2.38. The third-order valence-electron chi connectivity index (χ3n) is 12.2. The minimum atomic E-state index is -3.09. The molecule has 2 aliphatic rings. The van der Waals surface area contributed by atoms with Gasteiger partial charge in [-0.05, 0) is 48.9 Å². The maximum absolute atomic E-state index is 12.0. The first-order valence-electron chi connectivity index (χ1n) is 20.0. The summed E-state index contributed by atoms with van der Waals surface area (Å²) in [7, 11) is 6.97. The molecule has 0 aromatic heterocycles. The molecule has 4 nitrogen and oxygen atoms in total. The smallest absolute Gasteiger partial charge is 0.754 e. The number of hydrogen-bond acceptors (Lipinski definition) is 2. The number of benzene rings is 6. The van der Waals surface area contributed by atoms with Crippen molar-refractivity contribution in [2.45, 2.75) is 75.3 Å². The van der Waals surface area contributed by atoms with Gasteiger partial charge in [0, 0.05) is 34.4 Å². The topological polar surface area (TPSA) is 45.9 Å². The Balaban J connectivity index is 1.32. The predicted molar refractivity (Wildman–Crippen MR) is 229 cm³/mol. The van der Waals surface area contributed by atoms with E-state index in [9.17, 15) is 10.2 Å². The molecule has 0 saturated heterocycles. The zero-order chi connectivity index (χ0) is 37.8. The van der Waals surface area contributed by atoms with Crippen LogP contribution in [0, 0.1) is 14.2 Å². The van der Waals surface area contributed by atoms with Crippen molar-refractivity contribution in [1.29, 1.82) is 0 Å². The van der Waals surface area contributed by atoms with Crippen molar-refractivity contribution in [3.05, 3.63) is 160 Å². The maximum atomic E-state index is 12.0. The standard InChI is InChI=1S/C50H52O4Si/c1-53(47-35-17-15-29-43(47)45-33-19-31-41(49(45)51)37-21-7-3-8-22-37)55(39-25-11-5-12-26-39,40-27-13-6-14-28-40)54(2)48-36-18-16-30-44(48)46-34-20-32-42(50(46)52)38-23-9-4-10-24-38/h3-4,7-10,15-24,29-36,39-40,51-52H,1-2,5-6,11-14,25-28H2. The molecule has 0 bridgehead atoms. The van der Waals surface area contributed by atoms with Crippen LogP contribution in [0.5, 0.6) is 23.0 Å². The van der Waals surface area contributed by atoms with E-state index in [2.05, 4.69) is 56.6 Å². The van der Waals surface area contributed by atoms with E-state index in [0.717, 1.165) is 81.7 Å². The molecule has 6 aromatic rings. The van der Waals surface area contributed by atoms with Crippen molar-refractivity contribution in [3.63, 3.8) is 0 Å². The van der Waals surface area contributed by atoms with Gasteiger partial charge in [0.15, 0.2) is 0 Å². The van der Waals surface area contributed by atoms with Crippen LogP contribution >= 0.6 is 0 Å². The molecule has 0 spiro atoms. The third-order valence-corrected chi connectivity index (χ3v) is 17.7. The summed E-state index contributed by atoms with van der Waals surface area (Å²) >= 11 is 0. The number of rotatable bonds is 10. The number of phenolic OH excluding ortho intramolecular Hbond substituents is 2. The van der Waals surface area contributed by atoms with Crippen LogP contribution in [-0.2, 0) is 8.11 Å². The Bertz CT molecular complexity index is 2050. The Morgan fingerprint density at radius 3 is 1.11 bits per heavy atom. The molecular formula is C50H52O4Si. The minimum Gasteiger partial charge on any atom is -0.754 e. The van der Waals surface area contributed by atoms with Crippen LogP contribution in [0.1, 0.15) is 64.2 Å². The Kier molecular flexibility index (Phi) is 10.8. The third kappa shape index (κ3) is 6.84. The fraction of sp³-hybridized carbons (Fsp3) is 0.240. The average Bonchev–Trinajstić information content (AvgIpc) is 3.25. The number of hydrogen-bond donors (Lipinski definition) is 2. The highest BCUT2D eigenvalue weighted by molar-refractivity contribution is 6.73. The fourth-order valence-electron chi connectivity index (χ4n) is 9.64. The van der Waals surface area contributed by atoms with E-state index < -0.39 is 8.56 Å². The van der Waals surface area contributed by atoms with Crippen LogP contribution in [-0.4, -0.2) is 18.8 Å². The van der Waals surface area contributed by atoms with E-state index in [1.165, 1.54) is 38.5 Å². The van der Waals surface area contributed by atoms with E-state index in [1.54, 1.807) is 0 Å². The summed E-state index contributed by atoms with van der Waals surface area (Å²) in [4.78, 5) is 0. The number of aromatic hydroxyl groups is 2. The summed E-state index contributed by atoms with van der Waals surface area (Å²) in [5.41, 5.74) is 7.66. The number of para-hydroxylation sites is 4. The van der Waals surface area contributed by atoms with Crippen molar-refractivity contribution in [3.8, 4) is 67.5 Å². The Morgan fingerprint density at radius 1 is 0.382 bits per heavy atom. The van der Waals surface area contributed by atoms with Gasteiger partial charge in [-0.2, -0.15) is 0 Å². The zero-order valence-corrected chi connectivity index (χ0v) is 32.7. The largest absolute Gasteiger partial charge is 0.792 e. The van der Waals surface area contributed by atoms with Crippen LogP contribution in [0.2, 0.25) is 11.1 Å². The van der Waals surface area contributed by atoms with Gasteiger partial charge in [-0.25, -0.2) is 0 Å². The lowest BCUT2D eigenvalue weighted by Crippen LogP contribution is -2.58. The molecule has 2 saturated carbocycles. The van der Waals surface area contributed by atoms with Crippen LogP contribution in [0.3, 0.4) is 0 Å². The maximum Gasteiger partial charge on any atom is 0.792 e. The van der Waals surface area contributed by atoms with Crippen molar-refractivity contribution in [1.82, 2.24) is 0 Å². The highest BCUT2D eigenvalue weighted by atomic mass is 28.4. The molecule has 8 rings (SSSR count). The van der Waals surface area contributed by atoms with Crippen molar-refractivity contribution in [2.24, 2.45) is 0 Å². The molecule has 0 unspecified atom stereocenters. The van der Waals surface area contributed by atoms with Crippen molar-refractivity contribution in [2.75, 3.05) is 0 Å². The van der Waals surface area contributed by atoms with Gasteiger partial charge in [0.1, 0.15) is 22.6 Å². The van der Waals surface area contributed by atoms with Gasteiger partial charge < -0.3 is 18.3 Å². The second kappa shape index (κ2) is 16.2. The fourth-order valence-corrected chi connectivity index (χ4v) is 15.6. The molecule has 6 aromatic carbocycles. The average molecular weight is 745 g/mol. The zero-order valence-electron chi connectivity index (χ0n) is 31.7. The molecule has 55 heavy (non-hydrogen) atoms. The van der Waals surface area contributed by atoms with E-state index >= 15 is 0 Å². The van der Waals surface area contributed by atoms with E-state index in [-0.39, 0.29) is 11.5 Å². The number of phenols is 2. The summed E-state index contributed by atoms with van der Waals surface area (Å²) in [6.07, 6.45) is 11.6. The second-order valence-corrected chi connectivity index (χ2v) is 19.4. The Labute approximate surface area is 328 Å². The molecule has 280 valence electrons. The normalized spacial score (nSPS) is 15.5. The van der Waals surface area contributed by atoms with Crippen LogP contribution in [0.15, 0.2) is 146 Å². The Hall–Kier alpha value is -5.26. The molecule has 2 aliphatic carbocycles. The molecular weight excluding hydrogens is 693 g/mol. The van der Waals surface area contributed by atoms with Gasteiger partial charge in [-0.15, -0.1) is 0 Å². The van der Waals surface area contributed by atoms with E-state index in [4.69, 9.17) is 14.2 Å². The predicted octanol–water partition coefficient (Wildman–Crippen LogP) is 14.7. The summed E-state index contributed by atoms with van der Waals surface area (Å²) < 4.78 is 7.32. The molecule has 0 amide bonds. The lowest BCUT2D eigenvalue weighted by atomic mass is 9.97. The van der Waals surface area contributed by atoms with Crippen LogP contribution in [0.25, 0.3) is 44.5 Å². The second-order valence-electron chi connectivity index (χ2n) is 15.3. The molecule has 2 N–H and O–H groups in total. The van der Waals surface area contributed by atoms with Gasteiger partial charge in [-0.1, -0.05) is 174 Å². The molecule has 5 heteroatoms. The molecule has 0 heterocycles. The lowest BCUT2D eigenvalue weighted by Gasteiger charge is -2.56. The monoisotopic (exact) mass is 744 g/mol. The van der Waals surface area contributed by atoms with Gasteiger partial charge in [0.2, 0.25) is 11.5 Å². The first kappa shape index (κ1) is 36.7. The van der Waals surface area contributed by atoms with Gasteiger partial charge in [0.05, 0.1) is 11.1 Å². The SMILES string of the molecule is [CH2-][O+](c1ccccc1-c1cccc(-c2ccccc2)c1O)[Si](C1CCCCC1)(C1CCCCC1)[O+]([CH2-])c1ccccc1-c1cccc(-c2ccccc2)c1O. The summed E-state index contributed by atoms with van der Waals surface area (Å²) in [6.45, 7) is 0. The lowest BCUT2D eigenvalue weighted by molar-refractivity contribution is 0.0331. The van der Waals surface area contributed by atoms with Gasteiger partial charge >= 0.3 is 8.56 Å². The van der Waals surface area contributed by atoms with Gasteiger partial charge in [-0.3, -0.25) is 0 Å². The first-order valence-corrected chi connectivity index (χ1v) is 22.0.